The van der Waals surface area contributed by atoms with Crippen molar-refractivity contribution in [3.8, 4) is 22.1 Å². The molecule has 0 N–H and O–H groups in total. The lowest BCUT2D eigenvalue weighted by Gasteiger charge is -2.10. The van der Waals surface area contributed by atoms with Crippen molar-refractivity contribution in [1.82, 2.24) is 4.98 Å². The quantitative estimate of drug-likeness (QED) is 0.436. The van der Waals surface area contributed by atoms with Crippen molar-refractivity contribution in [1.29, 1.82) is 0 Å². The minimum absolute atomic E-state index is 0.121. The van der Waals surface area contributed by atoms with Gasteiger partial charge in [-0.3, -0.25) is 0 Å². The first-order valence-corrected chi connectivity index (χ1v) is 9.51. The molecule has 0 aliphatic rings. The smallest absolute Gasteiger partial charge is 0.331 e. The van der Waals surface area contributed by atoms with Crippen LogP contribution in [0.25, 0.3) is 16.6 Å². The van der Waals surface area contributed by atoms with Gasteiger partial charge in [-0.05, 0) is 29.7 Å². The van der Waals surface area contributed by atoms with Crippen LogP contribution in [0.1, 0.15) is 10.6 Å². The zero-order valence-electron chi connectivity index (χ0n) is 14.3. The van der Waals surface area contributed by atoms with Gasteiger partial charge in [-0.15, -0.1) is 22.7 Å². The van der Waals surface area contributed by atoms with E-state index in [1.54, 1.807) is 31.6 Å². The number of hydrogen-bond acceptors (Lipinski definition) is 7. The van der Waals surface area contributed by atoms with Crippen molar-refractivity contribution < 1.29 is 19.0 Å². The zero-order valence-corrected chi connectivity index (χ0v) is 15.9. The molecule has 2 aromatic heterocycles. The number of thiazole rings is 1. The van der Waals surface area contributed by atoms with Crippen LogP contribution in [0.2, 0.25) is 0 Å². The van der Waals surface area contributed by atoms with E-state index in [2.05, 4.69) is 4.98 Å². The summed E-state index contributed by atoms with van der Waals surface area (Å²) >= 11 is 3.02. The fraction of sp³-hybridized carbons (Fsp3) is 0.158. The van der Waals surface area contributed by atoms with Crippen LogP contribution >= 0.6 is 22.7 Å². The molecule has 0 radical (unpaired) electrons. The number of para-hydroxylation sites is 1. The number of methoxy groups -OCH3 is 2. The number of thiophene rings is 1. The largest absolute Gasteiger partial charge is 0.493 e. The Morgan fingerprint density at radius 3 is 2.77 bits per heavy atom. The van der Waals surface area contributed by atoms with Crippen molar-refractivity contribution in [2.45, 2.75) is 6.61 Å². The van der Waals surface area contributed by atoms with Gasteiger partial charge in [-0.2, -0.15) is 0 Å². The normalized spacial score (nSPS) is 10.8. The summed E-state index contributed by atoms with van der Waals surface area (Å²) in [7, 11) is 3.19. The molecule has 0 saturated heterocycles. The highest BCUT2D eigenvalue weighted by Gasteiger charge is 2.15. The summed E-state index contributed by atoms with van der Waals surface area (Å²) in [4.78, 5) is 17.3. The highest BCUT2D eigenvalue weighted by molar-refractivity contribution is 7.13. The molecule has 0 bridgehead atoms. The topological polar surface area (TPSA) is 57.7 Å². The third-order valence-electron chi connectivity index (χ3n) is 3.47. The van der Waals surface area contributed by atoms with Crippen LogP contribution in [0.3, 0.4) is 0 Å². The van der Waals surface area contributed by atoms with E-state index in [4.69, 9.17) is 14.2 Å². The van der Waals surface area contributed by atoms with Crippen molar-refractivity contribution in [3.63, 3.8) is 0 Å². The van der Waals surface area contributed by atoms with Gasteiger partial charge in [-0.25, -0.2) is 9.78 Å². The van der Waals surface area contributed by atoms with Crippen molar-refractivity contribution >= 4 is 34.7 Å². The number of hydrogen-bond donors (Lipinski definition) is 0. The van der Waals surface area contributed by atoms with Gasteiger partial charge in [-0.1, -0.05) is 12.1 Å². The van der Waals surface area contributed by atoms with Crippen LogP contribution in [-0.2, 0) is 16.1 Å². The van der Waals surface area contributed by atoms with Gasteiger partial charge in [0.15, 0.2) is 11.5 Å². The molecule has 134 valence electrons. The van der Waals surface area contributed by atoms with Crippen LogP contribution in [0.5, 0.6) is 11.5 Å². The molecule has 1 aromatic carbocycles. The Hall–Kier alpha value is -2.64. The number of benzene rings is 1. The van der Waals surface area contributed by atoms with E-state index in [0.717, 1.165) is 15.4 Å². The van der Waals surface area contributed by atoms with Gasteiger partial charge in [0.25, 0.3) is 0 Å². The Morgan fingerprint density at radius 1 is 1.15 bits per heavy atom. The van der Waals surface area contributed by atoms with E-state index < -0.39 is 5.97 Å². The lowest BCUT2D eigenvalue weighted by Crippen LogP contribution is -2.01. The number of carbonyl (C=O) groups excluding carboxylic acids is 1. The molecule has 0 unspecified atom stereocenters. The highest BCUT2D eigenvalue weighted by atomic mass is 32.1. The van der Waals surface area contributed by atoms with E-state index in [-0.39, 0.29) is 6.61 Å². The maximum absolute atomic E-state index is 11.8. The summed E-state index contributed by atoms with van der Waals surface area (Å²) in [6, 6.07) is 9.49. The summed E-state index contributed by atoms with van der Waals surface area (Å²) in [6.45, 7) is 0.121. The first-order chi connectivity index (χ1) is 12.7. The van der Waals surface area contributed by atoms with Gasteiger partial charge >= 0.3 is 5.97 Å². The molecule has 26 heavy (non-hydrogen) atoms. The van der Waals surface area contributed by atoms with Crippen molar-refractivity contribution in [2.75, 3.05) is 14.2 Å². The third-order valence-corrected chi connectivity index (χ3v) is 5.24. The van der Waals surface area contributed by atoms with Gasteiger partial charge in [0.2, 0.25) is 0 Å². The summed E-state index contributed by atoms with van der Waals surface area (Å²) < 4.78 is 16.0. The maximum Gasteiger partial charge on any atom is 0.331 e. The first kappa shape index (κ1) is 18.2. The molecule has 0 aliphatic carbocycles. The van der Waals surface area contributed by atoms with Crippen LogP contribution in [0.4, 0.5) is 0 Å². The van der Waals surface area contributed by atoms with Crippen LogP contribution in [0, 0.1) is 0 Å². The Labute approximate surface area is 159 Å². The molecule has 0 atom stereocenters. The monoisotopic (exact) mass is 387 g/mol. The summed E-state index contributed by atoms with van der Waals surface area (Å²) in [5.41, 5.74) is 1.53. The summed E-state index contributed by atoms with van der Waals surface area (Å²) in [5, 5.41) is 4.60. The van der Waals surface area contributed by atoms with Gasteiger partial charge in [0, 0.05) is 16.3 Å². The second-order valence-electron chi connectivity index (χ2n) is 5.14. The number of nitrogens with zero attached hydrogens (tertiary/aromatic N) is 1. The fourth-order valence-electron chi connectivity index (χ4n) is 2.28. The molecular weight excluding hydrogens is 370 g/mol. The van der Waals surface area contributed by atoms with Crippen LogP contribution < -0.4 is 9.47 Å². The maximum atomic E-state index is 11.8. The van der Waals surface area contributed by atoms with E-state index in [1.165, 1.54) is 17.4 Å². The molecule has 0 aliphatic heterocycles. The molecule has 0 saturated carbocycles. The Morgan fingerprint density at radius 2 is 2.04 bits per heavy atom. The standard InChI is InChI=1S/C19H17NO4S2/c1-22-16-7-3-6-15(18(16)23-2)19-20-13(12-26-19)11-24-17(21)9-8-14-5-4-10-25-14/h3-10,12H,11H2,1-2H3/b9-8+. The predicted octanol–water partition coefficient (Wildman–Crippen LogP) is 4.65. The molecule has 2 heterocycles. The first-order valence-electron chi connectivity index (χ1n) is 7.75. The molecule has 0 spiro atoms. The van der Waals surface area contributed by atoms with E-state index >= 15 is 0 Å². The molecule has 5 nitrogen and oxygen atoms in total. The summed E-state index contributed by atoms with van der Waals surface area (Å²) in [5.74, 6) is 0.880. The second kappa shape index (κ2) is 8.64. The van der Waals surface area contributed by atoms with Crippen LogP contribution in [-0.4, -0.2) is 25.2 Å². The Bertz CT molecular complexity index is 900. The number of rotatable bonds is 7. The molecule has 0 fully saturated rings. The number of aromatic nitrogens is 1. The molecule has 3 aromatic rings. The van der Waals surface area contributed by atoms with Crippen molar-refractivity contribution in [2.24, 2.45) is 0 Å². The zero-order chi connectivity index (χ0) is 18.4. The Balaban J connectivity index is 1.66. The van der Waals surface area contributed by atoms with Crippen LogP contribution in [0.15, 0.2) is 47.2 Å². The average molecular weight is 387 g/mol. The predicted molar refractivity (Wildman–Crippen MR) is 104 cm³/mol. The minimum atomic E-state index is -0.396. The molecule has 3 rings (SSSR count). The second-order valence-corrected chi connectivity index (χ2v) is 6.98. The number of esters is 1. The third kappa shape index (κ3) is 4.30. The van der Waals surface area contributed by atoms with Crippen molar-refractivity contribution in [3.05, 3.63) is 57.7 Å². The number of ether oxygens (including phenoxy) is 3. The molecule has 0 amide bonds. The molecule has 7 heteroatoms. The van der Waals surface area contributed by atoms with Gasteiger partial charge in [0.1, 0.15) is 11.6 Å². The number of carbonyl (C=O) groups is 1. The highest BCUT2D eigenvalue weighted by Crippen LogP contribution is 2.38. The fourth-order valence-corrected chi connectivity index (χ4v) is 3.73. The summed E-state index contributed by atoms with van der Waals surface area (Å²) in [6.07, 6.45) is 3.16. The lowest BCUT2D eigenvalue weighted by molar-refractivity contribution is -0.139. The van der Waals surface area contributed by atoms with E-state index in [1.807, 2.05) is 41.1 Å². The van der Waals surface area contributed by atoms with Gasteiger partial charge < -0.3 is 14.2 Å². The average Bonchev–Trinajstić information content (AvgIpc) is 3.35. The minimum Gasteiger partial charge on any atom is -0.493 e. The molecular formula is C19H17NO4S2. The van der Waals surface area contributed by atoms with E-state index in [9.17, 15) is 4.79 Å². The SMILES string of the molecule is COc1cccc(-c2nc(COC(=O)/C=C/c3cccs3)cs2)c1OC. The lowest BCUT2D eigenvalue weighted by atomic mass is 10.2. The van der Waals surface area contributed by atoms with Gasteiger partial charge in [0.05, 0.1) is 25.5 Å². The Kier molecular flexibility index (Phi) is 6.04. The van der Waals surface area contributed by atoms with E-state index in [0.29, 0.717) is 17.2 Å².